The molecule has 9 heteroatoms. The smallest absolute Gasteiger partial charge is 0.361 e. The molecule has 0 aliphatic carbocycles. The molecule has 0 aliphatic heterocycles. The minimum absolute atomic E-state index is 0.181. The van der Waals surface area contributed by atoms with E-state index < -0.39 is 24.3 Å². The summed E-state index contributed by atoms with van der Waals surface area (Å²) >= 11 is 0. The molecule has 0 saturated carbocycles. The van der Waals surface area contributed by atoms with Crippen LogP contribution in [0.15, 0.2) is 97.2 Å². The number of likely N-dealkylation sites (N-methyl/N-ethyl adjacent to an activating group) is 1. The van der Waals surface area contributed by atoms with Gasteiger partial charge in [0.1, 0.15) is 13.2 Å². The Labute approximate surface area is 601 Å². The first-order valence-corrected chi connectivity index (χ1v) is 41.4. The number of rotatable bonds is 77. The van der Waals surface area contributed by atoms with Gasteiger partial charge in [-0.1, -0.05) is 394 Å². The number of unbranched alkanes of at least 4 members (excludes halogenated alkanes) is 46. The number of carboxylic acids is 1. The summed E-state index contributed by atoms with van der Waals surface area (Å²) in [5.74, 6) is -2.01. The van der Waals surface area contributed by atoms with Crippen molar-refractivity contribution < 1.29 is 42.9 Å². The molecule has 2 atom stereocenters. The molecule has 1 N–H and O–H groups in total. The first-order valence-electron chi connectivity index (χ1n) is 41.4. The largest absolute Gasteiger partial charge is 0.477 e. The average Bonchev–Trinajstić information content (AvgIpc) is 2.39. The second kappa shape index (κ2) is 77.9. The highest BCUT2D eigenvalue weighted by molar-refractivity contribution is 5.71. The van der Waals surface area contributed by atoms with Crippen LogP contribution in [0.5, 0.6) is 0 Å². The lowest BCUT2D eigenvalue weighted by Crippen LogP contribution is -2.40. The molecule has 0 fully saturated rings. The van der Waals surface area contributed by atoms with Gasteiger partial charge in [-0.3, -0.25) is 9.59 Å². The lowest BCUT2D eigenvalue weighted by atomic mass is 10.0. The number of hydrogen-bond donors (Lipinski definition) is 1. The fraction of sp³-hybridized carbons (Fsp3) is 0.784. The molecule has 0 saturated heterocycles. The van der Waals surface area contributed by atoms with Crippen LogP contribution in [0.2, 0.25) is 0 Å². The Hall–Kier alpha value is -3.79. The molecule has 0 heterocycles. The van der Waals surface area contributed by atoms with Crippen LogP contribution in [-0.4, -0.2) is 87.4 Å². The summed E-state index contributed by atoms with van der Waals surface area (Å²) in [6.07, 6.45) is 106. The predicted molar refractivity (Wildman–Crippen MR) is 419 cm³/mol. The molecule has 2 unspecified atom stereocenters. The second-order valence-corrected chi connectivity index (χ2v) is 29.1. The van der Waals surface area contributed by atoms with Crippen LogP contribution < -0.4 is 0 Å². The van der Waals surface area contributed by atoms with Crippen molar-refractivity contribution in [2.75, 3.05) is 47.5 Å². The van der Waals surface area contributed by atoms with Gasteiger partial charge in [-0.2, -0.15) is 0 Å². The molecule has 0 amide bonds. The van der Waals surface area contributed by atoms with Gasteiger partial charge in [-0.05, 0) is 77.0 Å². The standard InChI is InChI=1S/C88H157NO8/c1-6-8-10-12-14-16-18-20-22-24-26-28-30-32-34-36-38-39-40-41-42-43-44-45-46-47-49-50-52-54-56-58-60-62-64-66-68-70-72-74-76-78-85(90)95-82-84(83-96-88(87(92)93)94-81-80-89(3,4)5)97-86(91)79-77-75-73-71-69-67-65-63-61-59-57-55-53-51-48-37-35-33-31-29-27-25-23-21-19-17-15-13-11-9-7-2/h9,11,15,17,21,23,27,29,33,35,48,51,55,57,61,63,84,88H,6-8,10,12-14,16,18-20,22,24-26,28,30-32,34,36-47,49-50,52-54,56,58-60,62,64-83H2,1-5H3/p+1/b11-9-,17-15-,23-21-,29-27-,35-33-,51-48-,57-55-,63-61-. The van der Waals surface area contributed by atoms with Gasteiger partial charge in [0, 0.05) is 12.8 Å². The third kappa shape index (κ3) is 79.4. The number of nitrogens with zero attached hydrogens (tertiary/aromatic N) is 1. The van der Waals surface area contributed by atoms with E-state index >= 15 is 0 Å². The maximum atomic E-state index is 13.0. The Bertz CT molecular complexity index is 1920. The highest BCUT2D eigenvalue weighted by Crippen LogP contribution is 2.20. The fourth-order valence-electron chi connectivity index (χ4n) is 12.1. The van der Waals surface area contributed by atoms with Gasteiger partial charge in [0.15, 0.2) is 6.10 Å². The van der Waals surface area contributed by atoms with Crippen LogP contribution in [-0.2, 0) is 33.3 Å². The van der Waals surface area contributed by atoms with Crippen molar-refractivity contribution in [1.82, 2.24) is 0 Å². The molecular formula is C88H158NO8+. The topological polar surface area (TPSA) is 108 Å². The van der Waals surface area contributed by atoms with Crippen molar-refractivity contribution in [2.24, 2.45) is 0 Å². The van der Waals surface area contributed by atoms with E-state index in [2.05, 4.69) is 111 Å². The van der Waals surface area contributed by atoms with Crippen molar-refractivity contribution in [3.05, 3.63) is 97.2 Å². The molecule has 97 heavy (non-hydrogen) atoms. The number of esters is 2. The third-order valence-electron chi connectivity index (χ3n) is 18.4. The maximum absolute atomic E-state index is 13.0. The van der Waals surface area contributed by atoms with E-state index in [1.807, 2.05) is 21.1 Å². The van der Waals surface area contributed by atoms with Crippen LogP contribution in [0.25, 0.3) is 0 Å². The molecule has 0 aliphatic rings. The molecular weight excluding hydrogens is 1200 g/mol. The maximum Gasteiger partial charge on any atom is 0.361 e. The molecule has 0 radical (unpaired) electrons. The van der Waals surface area contributed by atoms with Gasteiger partial charge in [0.05, 0.1) is 34.4 Å². The van der Waals surface area contributed by atoms with Crippen molar-refractivity contribution >= 4 is 17.9 Å². The number of carbonyl (C=O) groups is 3. The lowest BCUT2D eigenvalue weighted by molar-refractivity contribution is -0.870. The van der Waals surface area contributed by atoms with Crippen molar-refractivity contribution in [1.29, 1.82) is 0 Å². The van der Waals surface area contributed by atoms with E-state index in [-0.39, 0.29) is 32.2 Å². The highest BCUT2D eigenvalue weighted by Gasteiger charge is 2.25. The highest BCUT2D eigenvalue weighted by atomic mass is 16.7. The number of quaternary nitrogens is 1. The van der Waals surface area contributed by atoms with Crippen molar-refractivity contribution in [3.63, 3.8) is 0 Å². The molecule has 0 bridgehead atoms. The number of allylic oxidation sites excluding steroid dienone is 16. The predicted octanol–water partition coefficient (Wildman–Crippen LogP) is 26.7. The Morgan fingerprint density at radius 1 is 0.320 bits per heavy atom. The number of aliphatic carboxylic acids is 1. The normalized spacial score (nSPS) is 13.1. The van der Waals surface area contributed by atoms with E-state index in [1.165, 1.54) is 244 Å². The quantitative estimate of drug-likeness (QED) is 0.0211. The molecule has 0 aromatic heterocycles. The second-order valence-electron chi connectivity index (χ2n) is 29.1. The van der Waals surface area contributed by atoms with Crippen LogP contribution in [0.3, 0.4) is 0 Å². The number of carboxylic acid groups (broad SMARTS) is 1. The minimum Gasteiger partial charge on any atom is -0.477 e. The molecule has 9 nitrogen and oxygen atoms in total. The summed E-state index contributed by atoms with van der Waals surface area (Å²) in [5, 5.41) is 9.77. The van der Waals surface area contributed by atoms with Crippen molar-refractivity contribution in [3.8, 4) is 0 Å². The Morgan fingerprint density at radius 3 is 0.876 bits per heavy atom. The average molecular weight is 1360 g/mol. The Balaban J connectivity index is 3.99. The van der Waals surface area contributed by atoms with Gasteiger partial charge in [0.2, 0.25) is 0 Å². The molecule has 0 spiro atoms. The van der Waals surface area contributed by atoms with Crippen LogP contribution in [0.4, 0.5) is 0 Å². The number of carbonyl (C=O) groups excluding carboxylic acids is 2. The SMILES string of the molecule is CC/C=C\C/C=C\C/C=C\C/C=C\C/C=C\C/C=C\C/C=C\C/C=C\CCCCCCCCC(=O)OC(COC(=O)CCCCCCCCCCCCCCCCCCCCCCCCCCCCCCCCCCCCCCCCCCC)COC(OCC[N+](C)(C)C)C(=O)O. The number of hydrogen-bond acceptors (Lipinski definition) is 7. The molecule has 0 aromatic rings. The van der Waals surface area contributed by atoms with E-state index in [0.717, 1.165) is 109 Å². The van der Waals surface area contributed by atoms with Gasteiger partial charge >= 0.3 is 17.9 Å². The number of ether oxygens (including phenoxy) is 4. The summed E-state index contributed by atoms with van der Waals surface area (Å²) < 4.78 is 23.0. The van der Waals surface area contributed by atoms with Crippen molar-refractivity contribution in [2.45, 2.75) is 399 Å². The zero-order valence-corrected chi connectivity index (χ0v) is 64.5. The van der Waals surface area contributed by atoms with Crippen LogP contribution >= 0.6 is 0 Å². The van der Waals surface area contributed by atoms with Gasteiger partial charge < -0.3 is 28.5 Å². The van der Waals surface area contributed by atoms with E-state index in [4.69, 9.17) is 18.9 Å². The summed E-state index contributed by atoms with van der Waals surface area (Å²) in [6, 6.07) is 0. The fourth-order valence-corrected chi connectivity index (χ4v) is 12.1. The Kier molecular flexibility index (Phi) is 74.9. The minimum atomic E-state index is -1.52. The Morgan fingerprint density at radius 2 is 0.588 bits per heavy atom. The van der Waals surface area contributed by atoms with E-state index in [0.29, 0.717) is 23.9 Å². The van der Waals surface area contributed by atoms with Crippen LogP contribution in [0.1, 0.15) is 386 Å². The molecule has 0 rings (SSSR count). The summed E-state index contributed by atoms with van der Waals surface area (Å²) in [5.41, 5.74) is 0. The molecule has 562 valence electrons. The van der Waals surface area contributed by atoms with E-state index in [9.17, 15) is 19.5 Å². The first kappa shape index (κ1) is 93.2. The summed E-state index contributed by atoms with van der Waals surface area (Å²) in [7, 11) is 5.98. The lowest BCUT2D eigenvalue weighted by Gasteiger charge is -2.25. The van der Waals surface area contributed by atoms with Crippen LogP contribution in [0, 0.1) is 0 Å². The monoisotopic (exact) mass is 1360 g/mol. The first-order chi connectivity index (χ1) is 47.6. The van der Waals surface area contributed by atoms with Gasteiger partial charge in [-0.15, -0.1) is 0 Å². The zero-order valence-electron chi connectivity index (χ0n) is 64.5. The third-order valence-corrected chi connectivity index (χ3v) is 18.4. The van der Waals surface area contributed by atoms with E-state index in [1.54, 1.807) is 0 Å². The summed E-state index contributed by atoms with van der Waals surface area (Å²) in [4.78, 5) is 37.7. The molecule has 0 aromatic carbocycles. The zero-order chi connectivity index (χ0) is 70.4. The van der Waals surface area contributed by atoms with Gasteiger partial charge in [0.25, 0.3) is 6.29 Å². The summed E-state index contributed by atoms with van der Waals surface area (Å²) in [6.45, 7) is 4.79. The van der Waals surface area contributed by atoms with Gasteiger partial charge in [-0.25, -0.2) is 4.79 Å².